The summed E-state index contributed by atoms with van der Waals surface area (Å²) >= 11 is 17.7. The fourth-order valence-corrected chi connectivity index (χ4v) is 2.84. The molecule has 0 aliphatic rings. The van der Waals surface area contributed by atoms with E-state index < -0.39 is 11.8 Å². The molecule has 10 heteroatoms. The zero-order valence-electron chi connectivity index (χ0n) is 14.9. The first kappa shape index (κ1) is 21.7. The number of amides is 2. The molecule has 1 aromatic carbocycles. The van der Waals surface area contributed by atoms with Gasteiger partial charge in [-0.2, -0.15) is 0 Å². The van der Waals surface area contributed by atoms with Gasteiger partial charge in [0.25, 0.3) is 11.8 Å². The smallest absolute Gasteiger partial charge is 0.272 e. The summed E-state index contributed by atoms with van der Waals surface area (Å²) in [5.74, 6) is -0.859. The van der Waals surface area contributed by atoms with Crippen LogP contribution in [0.2, 0.25) is 10.0 Å². The van der Waals surface area contributed by atoms with Gasteiger partial charge in [0.05, 0.1) is 16.3 Å². The summed E-state index contributed by atoms with van der Waals surface area (Å²) in [6.45, 7) is 1.70. The van der Waals surface area contributed by atoms with Crippen molar-refractivity contribution in [2.75, 3.05) is 17.7 Å². The molecule has 4 N–H and O–H groups in total. The molecule has 0 aliphatic carbocycles. The van der Waals surface area contributed by atoms with E-state index in [1.165, 1.54) is 19.3 Å². The Morgan fingerprint density at radius 2 is 1.93 bits per heavy atom. The number of carbonyl (C=O) groups excluding carboxylic acids is 2. The zero-order chi connectivity index (χ0) is 20.8. The van der Waals surface area contributed by atoms with Crippen LogP contribution in [0.4, 0.5) is 11.5 Å². The van der Waals surface area contributed by atoms with E-state index in [-0.39, 0.29) is 33.0 Å². The van der Waals surface area contributed by atoms with Crippen molar-refractivity contribution in [2.45, 2.75) is 6.92 Å². The van der Waals surface area contributed by atoms with Crippen molar-refractivity contribution in [3.63, 3.8) is 0 Å². The molecule has 0 saturated carbocycles. The summed E-state index contributed by atoms with van der Waals surface area (Å²) in [5.41, 5.74) is 0.958. The van der Waals surface area contributed by atoms with Crippen molar-refractivity contribution in [1.82, 2.24) is 10.3 Å². The minimum Gasteiger partial charge on any atom is -0.355 e. The van der Waals surface area contributed by atoms with E-state index in [9.17, 15) is 9.59 Å². The minimum absolute atomic E-state index is 0.0854. The SMILES string of the molecule is CNC(=O)c1cc(Cl)cc(C)c1NC(=O)/C(=C/C(=N)Cl)Nc1ncccc1Cl. The van der Waals surface area contributed by atoms with Crippen LogP contribution in [0, 0.1) is 12.3 Å². The predicted octanol–water partition coefficient (Wildman–Crippen LogP) is 4.21. The van der Waals surface area contributed by atoms with Crippen molar-refractivity contribution in [3.8, 4) is 0 Å². The number of hydrogen-bond acceptors (Lipinski definition) is 5. The monoisotopic (exact) mass is 439 g/mol. The second kappa shape index (κ2) is 9.54. The Kier molecular flexibility index (Phi) is 7.39. The number of anilines is 2. The van der Waals surface area contributed by atoms with Crippen molar-refractivity contribution in [2.24, 2.45) is 0 Å². The van der Waals surface area contributed by atoms with Crippen LogP contribution in [0.15, 0.2) is 42.2 Å². The second-order valence-electron chi connectivity index (χ2n) is 5.54. The number of aromatic nitrogens is 1. The summed E-state index contributed by atoms with van der Waals surface area (Å²) in [4.78, 5) is 29.0. The van der Waals surface area contributed by atoms with Gasteiger partial charge in [0.15, 0.2) is 0 Å². The molecule has 7 nitrogen and oxygen atoms in total. The van der Waals surface area contributed by atoms with E-state index in [0.717, 1.165) is 6.08 Å². The number of pyridine rings is 1. The van der Waals surface area contributed by atoms with Gasteiger partial charge in [0, 0.05) is 24.3 Å². The molecule has 28 heavy (non-hydrogen) atoms. The fraction of sp³-hybridized carbons (Fsp3) is 0.111. The lowest BCUT2D eigenvalue weighted by atomic mass is 10.1. The third kappa shape index (κ3) is 5.45. The van der Waals surface area contributed by atoms with Gasteiger partial charge >= 0.3 is 0 Å². The fourth-order valence-electron chi connectivity index (χ4n) is 2.29. The van der Waals surface area contributed by atoms with Crippen LogP contribution >= 0.6 is 34.8 Å². The van der Waals surface area contributed by atoms with Gasteiger partial charge in [-0.1, -0.05) is 34.8 Å². The summed E-state index contributed by atoms with van der Waals surface area (Å²) in [6, 6.07) is 6.28. The molecule has 146 valence electrons. The molecule has 1 heterocycles. The van der Waals surface area contributed by atoms with Gasteiger partial charge in [0.1, 0.15) is 16.7 Å². The average Bonchev–Trinajstić information content (AvgIpc) is 2.63. The maximum atomic E-state index is 12.8. The Balaban J connectivity index is 2.41. The second-order valence-corrected chi connectivity index (χ2v) is 6.79. The number of benzene rings is 1. The highest BCUT2D eigenvalue weighted by Gasteiger charge is 2.19. The number of halogens is 3. The lowest BCUT2D eigenvalue weighted by Gasteiger charge is -2.16. The Bertz CT molecular complexity index is 976. The minimum atomic E-state index is -0.650. The molecule has 0 bridgehead atoms. The molecule has 0 radical (unpaired) electrons. The maximum Gasteiger partial charge on any atom is 0.272 e. The van der Waals surface area contributed by atoms with Crippen molar-refractivity contribution in [3.05, 3.63) is 63.4 Å². The van der Waals surface area contributed by atoms with Gasteiger partial charge < -0.3 is 16.0 Å². The summed E-state index contributed by atoms with van der Waals surface area (Å²) in [7, 11) is 1.47. The summed E-state index contributed by atoms with van der Waals surface area (Å²) in [5, 5.41) is 15.6. The predicted molar refractivity (Wildman–Crippen MR) is 113 cm³/mol. The van der Waals surface area contributed by atoms with Crippen molar-refractivity contribution < 1.29 is 9.59 Å². The molecule has 0 saturated heterocycles. The van der Waals surface area contributed by atoms with Crippen LogP contribution in [0.3, 0.4) is 0 Å². The van der Waals surface area contributed by atoms with E-state index in [2.05, 4.69) is 20.9 Å². The van der Waals surface area contributed by atoms with Gasteiger partial charge in [0.2, 0.25) is 0 Å². The molecule has 0 aliphatic heterocycles. The maximum absolute atomic E-state index is 12.8. The van der Waals surface area contributed by atoms with Crippen LogP contribution in [-0.4, -0.2) is 29.0 Å². The van der Waals surface area contributed by atoms with E-state index in [1.54, 1.807) is 25.1 Å². The van der Waals surface area contributed by atoms with Crippen LogP contribution in [0.1, 0.15) is 15.9 Å². The highest BCUT2D eigenvalue weighted by molar-refractivity contribution is 6.67. The lowest BCUT2D eigenvalue weighted by molar-refractivity contribution is -0.112. The van der Waals surface area contributed by atoms with Crippen molar-refractivity contribution in [1.29, 1.82) is 5.41 Å². The van der Waals surface area contributed by atoms with Gasteiger partial charge in [-0.15, -0.1) is 0 Å². The third-order valence-corrected chi connectivity index (χ3v) is 4.17. The molecule has 0 fully saturated rings. The molecule has 2 rings (SSSR count). The standard InChI is InChI=1S/C18H16Cl3N5O2/c1-9-6-10(19)7-11(17(27)23-2)15(9)26-18(28)13(8-14(21)22)25-16-12(20)4-3-5-24-16/h3-8,22H,1-2H3,(H,23,27)(H,24,25)(H,26,28)/b13-8-,22-14?. The van der Waals surface area contributed by atoms with Crippen LogP contribution < -0.4 is 16.0 Å². The first-order chi connectivity index (χ1) is 13.2. The molecular formula is C18H16Cl3N5O2. The Morgan fingerprint density at radius 3 is 2.54 bits per heavy atom. The highest BCUT2D eigenvalue weighted by Crippen LogP contribution is 2.27. The van der Waals surface area contributed by atoms with Crippen LogP contribution in [0.25, 0.3) is 0 Å². The summed E-state index contributed by atoms with van der Waals surface area (Å²) < 4.78 is 0. The largest absolute Gasteiger partial charge is 0.355 e. The first-order valence-corrected chi connectivity index (χ1v) is 9.03. The molecule has 2 aromatic rings. The molecule has 2 amide bonds. The lowest BCUT2D eigenvalue weighted by Crippen LogP contribution is -2.25. The molecule has 0 atom stereocenters. The Labute approximate surface area is 176 Å². The number of rotatable bonds is 6. The number of hydrogen-bond donors (Lipinski definition) is 4. The quantitative estimate of drug-likeness (QED) is 0.399. The normalized spacial score (nSPS) is 11.0. The van der Waals surface area contributed by atoms with Gasteiger partial charge in [-0.05, 0) is 36.8 Å². The van der Waals surface area contributed by atoms with Crippen LogP contribution in [-0.2, 0) is 4.79 Å². The van der Waals surface area contributed by atoms with Gasteiger partial charge in [-0.25, -0.2) is 4.98 Å². The van der Waals surface area contributed by atoms with E-state index in [1.807, 2.05) is 0 Å². The number of nitrogens with one attached hydrogen (secondary N) is 4. The average molecular weight is 441 g/mol. The topological polar surface area (TPSA) is 107 Å². The number of aryl methyl sites for hydroxylation is 1. The Hall–Kier alpha value is -2.61. The molecule has 0 unspecified atom stereocenters. The molecular weight excluding hydrogens is 425 g/mol. The molecule has 1 aromatic heterocycles. The first-order valence-electron chi connectivity index (χ1n) is 7.89. The van der Waals surface area contributed by atoms with E-state index in [0.29, 0.717) is 10.6 Å². The highest BCUT2D eigenvalue weighted by atomic mass is 35.5. The molecule has 0 spiro atoms. The van der Waals surface area contributed by atoms with E-state index >= 15 is 0 Å². The third-order valence-electron chi connectivity index (χ3n) is 3.54. The van der Waals surface area contributed by atoms with E-state index in [4.69, 9.17) is 40.2 Å². The number of nitrogens with zero attached hydrogens (tertiary/aromatic N) is 1. The van der Waals surface area contributed by atoms with Gasteiger partial charge in [-0.3, -0.25) is 15.0 Å². The summed E-state index contributed by atoms with van der Waals surface area (Å²) in [6.07, 6.45) is 2.59. The Morgan fingerprint density at radius 1 is 1.21 bits per heavy atom. The van der Waals surface area contributed by atoms with Crippen LogP contribution in [0.5, 0.6) is 0 Å². The van der Waals surface area contributed by atoms with Crippen molar-refractivity contribution >= 4 is 63.3 Å². The number of allylic oxidation sites excluding steroid dienone is 1. The number of carbonyl (C=O) groups is 2. The zero-order valence-corrected chi connectivity index (χ0v) is 17.1.